The minimum Gasteiger partial charge on any atom is -0.366 e. The largest absolute Gasteiger partial charge is 0.366 e. The molecule has 0 aliphatic rings. The standard InChI is InChI=1S/C13H15ClN6/c1-8(2)16-12-11-10(17-13(14)18-12)4-5-20(11)9-6-15-19(3)7-9/h4-8H,1-3H3,(H,16,17,18). The molecular weight excluding hydrogens is 276 g/mol. The molecule has 0 amide bonds. The predicted octanol–water partition coefficient (Wildman–Crippen LogP) is 2.63. The van der Waals surface area contributed by atoms with Crippen LogP contribution in [0.3, 0.4) is 0 Å². The number of nitrogens with one attached hydrogen (secondary N) is 1. The summed E-state index contributed by atoms with van der Waals surface area (Å²) in [4.78, 5) is 8.56. The third-order valence-electron chi connectivity index (χ3n) is 2.90. The molecule has 104 valence electrons. The number of fused-ring (bicyclic) bond motifs is 1. The van der Waals surface area contributed by atoms with Gasteiger partial charge in [-0.25, -0.2) is 4.98 Å². The Morgan fingerprint density at radius 2 is 2.10 bits per heavy atom. The van der Waals surface area contributed by atoms with E-state index in [4.69, 9.17) is 11.6 Å². The van der Waals surface area contributed by atoms with Gasteiger partial charge >= 0.3 is 0 Å². The highest BCUT2D eigenvalue weighted by molar-refractivity contribution is 6.28. The number of nitrogens with zero attached hydrogens (tertiary/aromatic N) is 5. The second-order valence-corrected chi connectivity index (χ2v) is 5.27. The van der Waals surface area contributed by atoms with Crippen LogP contribution in [0.1, 0.15) is 13.8 Å². The summed E-state index contributed by atoms with van der Waals surface area (Å²) in [6.07, 6.45) is 5.68. The second kappa shape index (κ2) is 4.79. The van der Waals surface area contributed by atoms with Crippen LogP contribution in [0.5, 0.6) is 0 Å². The number of hydrogen-bond donors (Lipinski definition) is 1. The fraction of sp³-hybridized carbons (Fsp3) is 0.308. The molecule has 20 heavy (non-hydrogen) atoms. The van der Waals surface area contributed by atoms with E-state index < -0.39 is 0 Å². The van der Waals surface area contributed by atoms with Gasteiger partial charge in [-0.05, 0) is 31.5 Å². The lowest BCUT2D eigenvalue weighted by Crippen LogP contribution is -2.12. The molecule has 6 nitrogen and oxygen atoms in total. The van der Waals surface area contributed by atoms with Crippen LogP contribution in [0.4, 0.5) is 5.82 Å². The van der Waals surface area contributed by atoms with Crippen LogP contribution in [0.15, 0.2) is 24.7 Å². The van der Waals surface area contributed by atoms with Crippen LogP contribution in [0.25, 0.3) is 16.7 Å². The van der Waals surface area contributed by atoms with Gasteiger partial charge in [0.25, 0.3) is 0 Å². The summed E-state index contributed by atoms with van der Waals surface area (Å²) in [5, 5.41) is 7.74. The Labute approximate surface area is 121 Å². The molecule has 3 heterocycles. The van der Waals surface area contributed by atoms with E-state index >= 15 is 0 Å². The minimum atomic E-state index is 0.240. The highest BCUT2D eigenvalue weighted by Crippen LogP contribution is 2.26. The van der Waals surface area contributed by atoms with E-state index in [1.807, 2.05) is 30.1 Å². The molecule has 0 aromatic carbocycles. The summed E-state index contributed by atoms with van der Waals surface area (Å²) in [7, 11) is 1.88. The number of anilines is 1. The fourth-order valence-electron chi connectivity index (χ4n) is 2.14. The molecule has 3 aromatic rings. The zero-order valence-electron chi connectivity index (χ0n) is 11.5. The molecule has 3 rings (SSSR count). The highest BCUT2D eigenvalue weighted by atomic mass is 35.5. The highest BCUT2D eigenvalue weighted by Gasteiger charge is 2.14. The van der Waals surface area contributed by atoms with E-state index in [9.17, 15) is 0 Å². The zero-order valence-corrected chi connectivity index (χ0v) is 12.3. The third-order valence-corrected chi connectivity index (χ3v) is 3.07. The second-order valence-electron chi connectivity index (χ2n) is 4.93. The van der Waals surface area contributed by atoms with Gasteiger partial charge in [-0.1, -0.05) is 0 Å². The number of aromatic nitrogens is 5. The molecule has 0 saturated carbocycles. The fourth-order valence-corrected chi connectivity index (χ4v) is 2.31. The van der Waals surface area contributed by atoms with Gasteiger partial charge in [-0.3, -0.25) is 4.68 Å². The minimum absolute atomic E-state index is 0.240. The van der Waals surface area contributed by atoms with Crippen molar-refractivity contribution in [3.05, 3.63) is 29.9 Å². The van der Waals surface area contributed by atoms with Gasteiger partial charge in [0.2, 0.25) is 5.28 Å². The maximum Gasteiger partial charge on any atom is 0.225 e. The van der Waals surface area contributed by atoms with Crippen molar-refractivity contribution in [2.24, 2.45) is 7.05 Å². The molecule has 0 saturated heterocycles. The van der Waals surface area contributed by atoms with E-state index in [2.05, 4.69) is 34.2 Å². The first kappa shape index (κ1) is 12.9. The lowest BCUT2D eigenvalue weighted by atomic mass is 10.3. The Bertz CT molecular complexity index is 757. The van der Waals surface area contributed by atoms with Gasteiger partial charge in [-0.15, -0.1) is 0 Å². The maximum atomic E-state index is 5.98. The zero-order chi connectivity index (χ0) is 14.3. The van der Waals surface area contributed by atoms with Crippen molar-refractivity contribution in [1.29, 1.82) is 0 Å². The van der Waals surface area contributed by atoms with Gasteiger partial charge in [0.1, 0.15) is 5.52 Å². The van der Waals surface area contributed by atoms with E-state index in [1.54, 1.807) is 10.9 Å². The van der Waals surface area contributed by atoms with Gasteiger partial charge in [0, 0.05) is 25.5 Å². The smallest absolute Gasteiger partial charge is 0.225 e. The van der Waals surface area contributed by atoms with Crippen LogP contribution in [0.2, 0.25) is 5.28 Å². The van der Waals surface area contributed by atoms with Crippen molar-refractivity contribution in [3.8, 4) is 5.69 Å². The van der Waals surface area contributed by atoms with Crippen LogP contribution >= 0.6 is 11.6 Å². The Morgan fingerprint density at radius 1 is 1.30 bits per heavy atom. The quantitative estimate of drug-likeness (QED) is 0.753. The SMILES string of the molecule is CC(C)Nc1nc(Cl)nc2ccn(-c3cnn(C)c3)c12. The Morgan fingerprint density at radius 3 is 2.75 bits per heavy atom. The first-order chi connectivity index (χ1) is 9.54. The van der Waals surface area contributed by atoms with Crippen LogP contribution in [-0.4, -0.2) is 30.4 Å². The topological polar surface area (TPSA) is 60.6 Å². The summed E-state index contributed by atoms with van der Waals surface area (Å²) in [5.41, 5.74) is 2.66. The van der Waals surface area contributed by atoms with E-state index in [1.165, 1.54) is 0 Å². The average molecular weight is 291 g/mol. The predicted molar refractivity (Wildman–Crippen MR) is 79.4 cm³/mol. The number of hydrogen-bond acceptors (Lipinski definition) is 4. The average Bonchev–Trinajstić information content (AvgIpc) is 2.94. The molecule has 0 aliphatic carbocycles. The van der Waals surface area contributed by atoms with E-state index in [0.29, 0.717) is 0 Å². The summed E-state index contributed by atoms with van der Waals surface area (Å²) in [6.45, 7) is 4.11. The first-order valence-corrected chi connectivity index (χ1v) is 6.72. The Kier molecular flexibility index (Phi) is 3.10. The van der Waals surface area contributed by atoms with Crippen LogP contribution in [-0.2, 0) is 7.05 Å². The number of rotatable bonds is 3. The van der Waals surface area contributed by atoms with E-state index in [0.717, 1.165) is 22.5 Å². The van der Waals surface area contributed by atoms with Crippen LogP contribution in [0, 0.1) is 0 Å². The molecular formula is C13H15ClN6. The molecule has 0 radical (unpaired) electrons. The normalized spacial score (nSPS) is 11.4. The summed E-state index contributed by atoms with van der Waals surface area (Å²) < 4.78 is 3.76. The van der Waals surface area contributed by atoms with Gasteiger partial charge in [0.15, 0.2) is 5.82 Å². The van der Waals surface area contributed by atoms with Crippen LogP contribution < -0.4 is 5.32 Å². The molecule has 7 heteroatoms. The van der Waals surface area contributed by atoms with Crippen molar-refractivity contribution >= 4 is 28.5 Å². The molecule has 0 aliphatic heterocycles. The van der Waals surface area contributed by atoms with E-state index in [-0.39, 0.29) is 11.3 Å². The van der Waals surface area contributed by atoms with Crippen molar-refractivity contribution in [2.75, 3.05) is 5.32 Å². The molecule has 0 fully saturated rings. The lowest BCUT2D eigenvalue weighted by Gasteiger charge is -2.12. The van der Waals surface area contributed by atoms with Gasteiger partial charge in [0.05, 0.1) is 17.4 Å². The summed E-state index contributed by atoms with van der Waals surface area (Å²) in [5.74, 6) is 0.726. The van der Waals surface area contributed by atoms with Crippen molar-refractivity contribution < 1.29 is 0 Å². The maximum absolute atomic E-state index is 5.98. The molecule has 0 spiro atoms. The van der Waals surface area contributed by atoms with Crippen molar-refractivity contribution in [3.63, 3.8) is 0 Å². The lowest BCUT2D eigenvalue weighted by molar-refractivity contribution is 0.767. The molecule has 3 aromatic heterocycles. The van der Waals surface area contributed by atoms with Crippen molar-refractivity contribution in [1.82, 2.24) is 24.3 Å². The molecule has 0 bridgehead atoms. The molecule has 0 unspecified atom stereocenters. The number of aryl methyl sites for hydroxylation is 1. The Hall–Kier alpha value is -2.08. The summed E-state index contributed by atoms with van der Waals surface area (Å²) >= 11 is 5.98. The summed E-state index contributed by atoms with van der Waals surface area (Å²) in [6, 6.07) is 2.17. The van der Waals surface area contributed by atoms with Gasteiger partial charge < -0.3 is 9.88 Å². The molecule has 0 atom stereocenters. The van der Waals surface area contributed by atoms with Crippen molar-refractivity contribution in [2.45, 2.75) is 19.9 Å². The Balaban J connectivity index is 2.23. The number of halogens is 1. The monoisotopic (exact) mass is 290 g/mol. The third kappa shape index (κ3) is 2.22. The van der Waals surface area contributed by atoms with Gasteiger partial charge in [-0.2, -0.15) is 10.1 Å². The molecule has 1 N–H and O–H groups in total. The first-order valence-electron chi connectivity index (χ1n) is 6.35.